The Bertz CT molecular complexity index is 627. The van der Waals surface area contributed by atoms with E-state index in [2.05, 4.69) is 33.6 Å². The lowest BCUT2D eigenvalue weighted by atomic mass is 10.2. The summed E-state index contributed by atoms with van der Waals surface area (Å²) in [7, 11) is 0. The fourth-order valence-electron chi connectivity index (χ4n) is 1.65. The highest BCUT2D eigenvalue weighted by molar-refractivity contribution is 7.98. The second kappa shape index (κ2) is 4.96. The van der Waals surface area contributed by atoms with Gasteiger partial charge < -0.3 is 0 Å². The number of thiophene rings is 1. The van der Waals surface area contributed by atoms with E-state index in [1.54, 1.807) is 23.1 Å². The molecule has 0 aliphatic rings. The summed E-state index contributed by atoms with van der Waals surface area (Å²) in [6.07, 6.45) is 2.07. The van der Waals surface area contributed by atoms with Crippen LogP contribution < -0.4 is 0 Å². The first-order valence-corrected chi connectivity index (χ1v) is 7.58. The highest BCUT2D eigenvalue weighted by atomic mass is 32.2. The molecule has 0 fully saturated rings. The van der Waals surface area contributed by atoms with Crippen LogP contribution in [0.4, 0.5) is 0 Å². The number of hydrogen-bond donors (Lipinski definition) is 1. The third kappa shape index (κ3) is 2.19. The molecule has 1 aromatic carbocycles. The van der Waals surface area contributed by atoms with E-state index in [4.69, 9.17) is 0 Å². The van der Waals surface area contributed by atoms with Crippen molar-refractivity contribution in [2.75, 3.05) is 6.26 Å². The Morgan fingerprint density at radius 1 is 1.17 bits per heavy atom. The minimum Gasteiger partial charge on any atom is -0.258 e. The van der Waals surface area contributed by atoms with E-state index in [1.807, 2.05) is 29.6 Å². The molecule has 3 nitrogen and oxygen atoms in total. The molecule has 2 aromatic heterocycles. The van der Waals surface area contributed by atoms with Crippen LogP contribution in [0.25, 0.3) is 22.1 Å². The Hall–Kier alpha value is -1.59. The molecule has 0 unspecified atom stereocenters. The van der Waals surface area contributed by atoms with E-state index >= 15 is 0 Å². The molecule has 5 heteroatoms. The molecule has 0 aliphatic carbocycles. The summed E-state index contributed by atoms with van der Waals surface area (Å²) in [6.45, 7) is 0. The highest BCUT2D eigenvalue weighted by Crippen LogP contribution is 2.24. The van der Waals surface area contributed by atoms with E-state index < -0.39 is 0 Å². The predicted molar refractivity (Wildman–Crippen MR) is 76.9 cm³/mol. The lowest BCUT2D eigenvalue weighted by molar-refractivity contribution is 1.10. The van der Waals surface area contributed by atoms with Gasteiger partial charge in [0.1, 0.15) is 0 Å². The van der Waals surface area contributed by atoms with Crippen molar-refractivity contribution in [2.45, 2.75) is 4.90 Å². The fraction of sp³-hybridized carbons (Fsp3) is 0.0769. The maximum atomic E-state index is 4.52. The van der Waals surface area contributed by atoms with E-state index in [9.17, 15) is 0 Å². The quantitative estimate of drug-likeness (QED) is 0.735. The van der Waals surface area contributed by atoms with Crippen LogP contribution in [0.2, 0.25) is 0 Å². The summed E-state index contributed by atoms with van der Waals surface area (Å²) < 4.78 is 0. The molecule has 0 bridgehead atoms. The Labute approximate surface area is 113 Å². The normalized spacial score (nSPS) is 10.7. The van der Waals surface area contributed by atoms with E-state index in [0.717, 1.165) is 22.1 Å². The Morgan fingerprint density at radius 2 is 2.00 bits per heavy atom. The van der Waals surface area contributed by atoms with Gasteiger partial charge in [-0.05, 0) is 29.8 Å². The molecule has 0 amide bonds. The molecule has 0 spiro atoms. The maximum absolute atomic E-state index is 4.52. The summed E-state index contributed by atoms with van der Waals surface area (Å²) >= 11 is 3.38. The lowest BCUT2D eigenvalue weighted by Crippen LogP contribution is -1.80. The molecular weight excluding hydrogens is 262 g/mol. The minimum atomic E-state index is 0.742. The lowest BCUT2D eigenvalue weighted by Gasteiger charge is -1.97. The number of aromatic nitrogens is 3. The Morgan fingerprint density at radius 3 is 2.67 bits per heavy atom. The fourth-order valence-corrected chi connectivity index (χ4v) is 2.73. The first kappa shape index (κ1) is 11.5. The molecule has 3 aromatic rings. The van der Waals surface area contributed by atoms with Crippen LogP contribution in [0.3, 0.4) is 0 Å². The summed E-state index contributed by atoms with van der Waals surface area (Å²) in [4.78, 5) is 6.86. The molecule has 0 saturated carbocycles. The summed E-state index contributed by atoms with van der Waals surface area (Å²) in [5.74, 6) is 1.57. The SMILES string of the molecule is CSc1ccc(-c2n[nH]c(-c3cccs3)n2)cc1. The monoisotopic (exact) mass is 273 g/mol. The van der Waals surface area contributed by atoms with Crippen LogP contribution in [-0.2, 0) is 0 Å². The number of H-pyrrole nitrogens is 1. The predicted octanol–water partition coefficient (Wildman–Crippen LogP) is 3.92. The van der Waals surface area contributed by atoms with Crippen LogP contribution in [0.1, 0.15) is 0 Å². The molecule has 90 valence electrons. The van der Waals surface area contributed by atoms with E-state index in [-0.39, 0.29) is 0 Å². The number of nitrogens with one attached hydrogen (secondary N) is 1. The maximum Gasteiger partial charge on any atom is 0.181 e. The zero-order valence-electron chi connectivity index (χ0n) is 9.75. The molecule has 0 aliphatic heterocycles. The standard InChI is InChI=1S/C13H11N3S2/c1-17-10-6-4-9(5-7-10)12-14-13(16-15-12)11-3-2-8-18-11/h2-8H,1H3,(H,14,15,16). The molecule has 18 heavy (non-hydrogen) atoms. The second-order valence-electron chi connectivity index (χ2n) is 3.71. The van der Waals surface area contributed by atoms with Gasteiger partial charge in [0.2, 0.25) is 0 Å². The highest BCUT2D eigenvalue weighted by Gasteiger charge is 2.08. The van der Waals surface area contributed by atoms with Gasteiger partial charge in [0, 0.05) is 10.5 Å². The van der Waals surface area contributed by atoms with Crippen molar-refractivity contribution >= 4 is 23.1 Å². The van der Waals surface area contributed by atoms with Gasteiger partial charge in [-0.2, -0.15) is 5.10 Å². The summed E-state index contributed by atoms with van der Waals surface area (Å²) in [6, 6.07) is 12.3. The van der Waals surface area contributed by atoms with Gasteiger partial charge in [-0.25, -0.2) is 4.98 Å². The Balaban J connectivity index is 1.92. The number of benzene rings is 1. The number of nitrogens with zero attached hydrogens (tertiary/aromatic N) is 2. The first-order chi connectivity index (χ1) is 8.86. The average molecular weight is 273 g/mol. The topological polar surface area (TPSA) is 41.6 Å². The van der Waals surface area contributed by atoms with Crippen molar-refractivity contribution < 1.29 is 0 Å². The van der Waals surface area contributed by atoms with Crippen molar-refractivity contribution in [3.8, 4) is 22.1 Å². The van der Waals surface area contributed by atoms with Gasteiger partial charge in [-0.3, -0.25) is 5.10 Å². The summed E-state index contributed by atoms with van der Waals surface area (Å²) in [5, 5.41) is 9.27. The van der Waals surface area contributed by atoms with Gasteiger partial charge in [0.05, 0.1) is 4.88 Å². The van der Waals surface area contributed by atoms with Crippen molar-refractivity contribution in [1.29, 1.82) is 0 Å². The van der Waals surface area contributed by atoms with Crippen LogP contribution in [-0.4, -0.2) is 21.4 Å². The molecule has 2 heterocycles. The van der Waals surface area contributed by atoms with Gasteiger partial charge in [-0.15, -0.1) is 23.1 Å². The number of thioether (sulfide) groups is 1. The van der Waals surface area contributed by atoms with Crippen LogP contribution in [0.15, 0.2) is 46.7 Å². The largest absolute Gasteiger partial charge is 0.258 e. The third-order valence-corrected chi connectivity index (χ3v) is 4.21. The van der Waals surface area contributed by atoms with E-state index in [1.165, 1.54) is 4.90 Å². The number of rotatable bonds is 3. The second-order valence-corrected chi connectivity index (χ2v) is 5.54. The van der Waals surface area contributed by atoms with Crippen molar-refractivity contribution in [2.24, 2.45) is 0 Å². The Kier molecular flexibility index (Phi) is 3.17. The molecular formula is C13H11N3S2. The smallest absolute Gasteiger partial charge is 0.181 e. The van der Waals surface area contributed by atoms with Gasteiger partial charge in [0.15, 0.2) is 11.6 Å². The number of aromatic amines is 1. The van der Waals surface area contributed by atoms with Gasteiger partial charge in [0.25, 0.3) is 0 Å². The first-order valence-electron chi connectivity index (χ1n) is 5.47. The van der Waals surface area contributed by atoms with Crippen LogP contribution >= 0.6 is 23.1 Å². The summed E-state index contributed by atoms with van der Waals surface area (Å²) in [5.41, 5.74) is 1.03. The van der Waals surface area contributed by atoms with Crippen molar-refractivity contribution in [3.63, 3.8) is 0 Å². The molecule has 1 N–H and O–H groups in total. The molecule has 0 atom stereocenters. The number of hydrogen-bond acceptors (Lipinski definition) is 4. The van der Waals surface area contributed by atoms with E-state index in [0.29, 0.717) is 0 Å². The molecule has 0 saturated heterocycles. The van der Waals surface area contributed by atoms with Gasteiger partial charge in [-0.1, -0.05) is 18.2 Å². The van der Waals surface area contributed by atoms with Gasteiger partial charge >= 0.3 is 0 Å². The van der Waals surface area contributed by atoms with Crippen LogP contribution in [0.5, 0.6) is 0 Å². The molecule has 3 rings (SSSR count). The van der Waals surface area contributed by atoms with Crippen LogP contribution in [0, 0.1) is 0 Å². The average Bonchev–Trinajstić information content (AvgIpc) is 3.09. The van der Waals surface area contributed by atoms with Crippen molar-refractivity contribution in [3.05, 3.63) is 41.8 Å². The zero-order chi connectivity index (χ0) is 12.4. The molecule has 0 radical (unpaired) electrons. The van der Waals surface area contributed by atoms with Crippen molar-refractivity contribution in [1.82, 2.24) is 15.2 Å². The zero-order valence-corrected chi connectivity index (χ0v) is 11.4. The minimum absolute atomic E-state index is 0.742. The third-order valence-electron chi connectivity index (χ3n) is 2.59.